The molecule has 3 heterocycles. The number of aromatic nitrogens is 3. The number of amides is 1. The molecule has 7 heteroatoms. The van der Waals surface area contributed by atoms with Crippen LogP contribution in [0.1, 0.15) is 15.2 Å². The third-order valence-electron chi connectivity index (χ3n) is 5.22. The Balaban J connectivity index is 1.51. The van der Waals surface area contributed by atoms with Crippen LogP contribution in [0.25, 0.3) is 21.1 Å². The molecule has 6 nitrogen and oxygen atoms in total. The molecule has 5 aromatic rings. The largest absolute Gasteiger partial charge is 0.329 e. The van der Waals surface area contributed by atoms with Crippen LogP contribution in [0.4, 0.5) is 17.2 Å². The summed E-state index contributed by atoms with van der Waals surface area (Å²) in [5.74, 6) is 0.599. The maximum absolute atomic E-state index is 13.1. The second kappa shape index (κ2) is 7.77. The predicted octanol–water partition coefficient (Wildman–Crippen LogP) is 5.57. The summed E-state index contributed by atoms with van der Waals surface area (Å²) < 4.78 is 0. The van der Waals surface area contributed by atoms with E-state index >= 15 is 0 Å². The van der Waals surface area contributed by atoms with Gasteiger partial charge in [-0.25, -0.2) is 9.97 Å². The Kier molecular flexibility index (Phi) is 4.80. The standard InChI is InChI=1S/C24H19N5OS/c1-15-20-22(29(2)18-9-4-3-5-10-18)26-14-27-24(20)31-21(15)23(30)28-17-12-16-8-6-7-11-19(16)25-13-17/h3-14H,1-2H3,(H,28,30). The van der Waals surface area contributed by atoms with Crippen LogP contribution in [-0.2, 0) is 0 Å². The van der Waals surface area contributed by atoms with Gasteiger partial charge >= 0.3 is 0 Å². The van der Waals surface area contributed by atoms with Gasteiger partial charge in [-0.2, -0.15) is 0 Å². The Hall–Kier alpha value is -3.84. The van der Waals surface area contributed by atoms with E-state index in [9.17, 15) is 4.79 Å². The monoisotopic (exact) mass is 425 g/mol. The van der Waals surface area contributed by atoms with Crippen molar-refractivity contribution >= 4 is 55.6 Å². The van der Waals surface area contributed by atoms with Crippen molar-refractivity contribution in [1.82, 2.24) is 15.0 Å². The van der Waals surface area contributed by atoms with Crippen molar-refractivity contribution in [2.75, 3.05) is 17.3 Å². The first-order chi connectivity index (χ1) is 15.1. The van der Waals surface area contributed by atoms with E-state index in [1.54, 1.807) is 12.5 Å². The van der Waals surface area contributed by atoms with Crippen molar-refractivity contribution < 1.29 is 4.79 Å². The van der Waals surface area contributed by atoms with Crippen molar-refractivity contribution in [3.05, 3.63) is 83.6 Å². The van der Waals surface area contributed by atoms with Crippen LogP contribution < -0.4 is 10.2 Å². The second-order valence-corrected chi connectivity index (χ2v) is 8.20. The molecule has 31 heavy (non-hydrogen) atoms. The van der Waals surface area contributed by atoms with Crippen LogP contribution in [0.3, 0.4) is 0 Å². The number of anilines is 3. The normalized spacial score (nSPS) is 11.0. The number of carbonyl (C=O) groups is 1. The van der Waals surface area contributed by atoms with E-state index in [0.717, 1.165) is 38.2 Å². The van der Waals surface area contributed by atoms with Crippen molar-refractivity contribution in [1.29, 1.82) is 0 Å². The molecular formula is C24H19N5OS. The third-order valence-corrected chi connectivity index (χ3v) is 6.42. The summed E-state index contributed by atoms with van der Waals surface area (Å²) in [6.45, 7) is 1.94. The highest BCUT2D eigenvalue weighted by Crippen LogP contribution is 2.37. The number of para-hydroxylation sites is 2. The molecule has 0 fully saturated rings. The molecule has 152 valence electrons. The number of hydrogen-bond donors (Lipinski definition) is 1. The highest BCUT2D eigenvalue weighted by molar-refractivity contribution is 7.20. The molecule has 0 saturated carbocycles. The van der Waals surface area contributed by atoms with Gasteiger partial charge < -0.3 is 10.2 Å². The third kappa shape index (κ3) is 3.49. The lowest BCUT2D eigenvalue weighted by atomic mass is 10.1. The van der Waals surface area contributed by atoms with Crippen molar-refractivity contribution in [3.63, 3.8) is 0 Å². The summed E-state index contributed by atoms with van der Waals surface area (Å²) in [7, 11) is 1.97. The average molecular weight is 426 g/mol. The molecule has 0 aliphatic rings. The highest BCUT2D eigenvalue weighted by atomic mass is 32.1. The van der Waals surface area contributed by atoms with Gasteiger partial charge in [-0.05, 0) is 36.8 Å². The molecule has 0 atom stereocenters. The Morgan fingerprint density at radius 1 is 1.00 bits per heavy atom. The minimum absolute atomic E-state index is 0.175. The smallest absolute Gasteiger partial charge is 0.266 e. The Labute approximate surface area is 183 Å². The average Bonchev–Trinajstić information content (AvgIpc) is 3.16. The highest BCUT2D eigenvalue weighted by Gasteiger charge is 2.21. The molecule has 0 aliphatic carbocycles. The molecule has 0 bridgehead atoms. The molecule has 1 amide bonds. The fourth-order valence-corrected chi connectivity index (χ4v) is 4.66. The zero-order chi connectivity index (χ0) is 21.4. The minimum Gasteiger partial charge on any atom is -0.329 e. The number of fused-ring (bicyclic) bond motifs is 2. The Morgan fingerprint density at radius 2 is 1.77 bits per heavy atom. The number of aryl methyl sites for hydroxylation is 1. The molecule has 5 rings (SSSR count). The molecule has 0 aliphatic heterocycles. The van der Waals surface area contributed by atoms with Gasteiger partial charge in [0.25, 0.3) is 5.91 Å². The first kappa shape index (κ1) is 19.1. The van der Waals surface area contributed by atoms with E-state index in [1.165, 1.54) is 11.3 Å². The fraction of sp³-hybridized carbons (Fsp3) is 0.0833. The van der Waals surface area contributed by atoms with Crippen LogP contribution in [0.2, 0.25) is 0 Å². The maximum Gasteiger partial charge on any atom is 0.266 e. The van der Waals surface area contributed by atoms with E-state index in [2.05, 4.69) is 20.3 Å². The summed E-state index contributed by atoms with van der Waals surface area (Å²) >= 11 is 1.37. The number of pyridine rings is 1. The van der Waals surface area contributed by atoms with E-state index in [1.807, 2.05) is 79.5 Å². The number of hydrogen-bond acceptors (Lipinski definition) is 6. The molecule has 3 aromatic heterocycles. The summed E-state index contributed by atoms with van der Waals surface area (Å²) in [5, 5.41) is 4.85. The van der Waals surface area contributed by atoms with Gasteiger partial charge in [0.1, 0.15) is 17.0 Å². The zero-order valence-electron chi connectivity index (χ0n) is 17.0. The van der Waals surface area contributed by atoms with Gasteiger partial charge in [0, 0.05) is 18.1 Å². The maximum atomic E-state index is 13.1. The van der Waals surface area contributed by atoms with Crippen LogP contribution in [-0.4, -0.2) is 27.9 Å². The molecule has 0 unspecified atom stereocenters. The van der Waals surface area contributed by atoms with Gasteiger partial charge in [-0.3, -0.25) is 9.78 Å². The van der Waals surface area contributed by atoms with E-state index in [-0.39, 0.29) is 5.91 Å². The van der Waals surface area contributed by atoms with Crippen LogP contribution in [0.15, 0.2) is 73.2 Å². The summed E-state index contributed by atoms with van der Waals surface area (Å²) in [5.41, 5.74) is 3.43. The molecule has 0 spiro atoms. The number of thiophene rings is 1. The van der Waals surface area contributed by atoms with Crippen molar-refractivity contribution in [2.24, 2.45) is 0 Å². The quantitative estimate of drug-likeness (QED) is 0.408. The van der Waals surface area contributed by atoms with Gasteiger partial charge in [-0.15, -0.1) is 11.3 Å². The number of rotatable bonds is 4. The number of nitrogens with one attached hydrogen (secondary N) is 1. The van der Waals surface area contributed by atoms with Gasteiger partial charge in [0.15, 0.2) is 0 Å². The van der Waals surface area contributed by atoms with Crippen LogP contribution in [0, 0.1) is 6.92 Å². The van der Waals surface area contributed by atoms with E-state index in [4.69, 9.17) is 0 Å². The van der Waals surface area contributed by atoms with Gasteiger partial charge in [0.05, 0.1) is 27.7 Å². The number of benzene rings is 2. The predicted molar refractivity (Wildman–Crippen MR) is 126 cm³/mol. The Bertz CT molecular complexity index is 1410. The lowest BCUT2D eigenvalue weighted by Gasteiger charge is -2.19. The van der Waals surface area contributed by atoms with Crippen molar-refractivity contribution in [3.8, 4) is 0 Å². The topological polar surface area (TPSA) is 71.0 Å². The Morgan fingerprint density at radius 3 is 2.61 bits per heavy atom. The molecule has 0 saturated heterocycles. The molecular weight excluding hydrogens is 406 g/mol. The molecule has 0 radical (unpaired) electrons. The summed E-state index contributed by atoms with van der Waals surface area (Å²) in [4.78, 5) is 29.9. The molecule has 2 aromatic carbocycles. The number of carbonyl (C=O) groups excluding carboxylic acids is 1. The fourth-order valence-electron chi connectivity index (χ4n) is 3.63. The first-order valence-electron chi connectivity index (χ1n) is 9.81. The van der Waals surface area contributed by atoms with Crippen molar-refractivity contribution in [2.45, 2.75) is 6.92 Å². The number of nitrogens with zero attached hydrogens (tertiary/aromatic N) is 4. The first-order valence-corrected chi connectivity index (χ1v) is 10.6. The SMILES string of the molecule is Cc1c(C(=O)Nc2cnc3ccccc3c2)sc2ncnc(N(C)c3ccccc3)c12. The van der Waals surface area contributed by atoms with Gasteiger partial charge in [-0.1, -0.05) is 36.4 Å². The molecule has 1 N–H and O–H groups in total. The van der Waals surface area contributed by atoms with E-state index in [0.29, 0.717) is 10.6 Å². The summed E-state index contributed by atoms with van der Waals surface area (Å²) in [6, 6.07) is 19.7. The van der Waals surface area contributed by atoms with Gasteiger partial charge in [0.2, 0.25) is 0 Å². The summed E-state index contributed by atoms with van der Waals surface area (Å²) in [6.07, 6.45) is 3.22. The minimum atomic E-state index is -0.175. The van der Waals surface area contributed by atoms with Crippen LogP contribution in [0.5, 0.6) is 0 Å². The van der Waals surface area contributed by atoms with Crippen LogP contribution >= 0.6 is 11.3 Å². The zero-order valence-corrected chi connectivity index (χ0v) is 17.9. The lowest BCUT2D eigenvalue weighted by molar-refractivity contribution is 0.103. The second-order valence-electron chi connectivity index (χ2n) is 7.20. The van der Waals surface area contributed by atoms with E-state index < -0.39 is 0 Å². The lowest BCUT2D eigenvalue weighted by Crippen LogP contribution is -2.13.